The third-order valence-corrected chi connectivity index (χ3v) is 11.5. The van der Waals surface area contributed by atoms with Crippen LogP contribution in [0.1, 0.15) is 65.7 Å². The van der Waals surface area contributed by atoms with E-state index in [1.807, 2.05) is 32.6 Å². The Morgan fingerprint density at radius 1 is 0.949 bits per heavy atom. The van der Waals surface area contributed by atoms with Crippen molar-refractivity contribution in [3.05, 3.63) is 53.4 Å². The van der Waals surface area contributed by atoms with Crippen LogP contribution >= 0.6 is 11.6 Å². The number of urea groups is 1. The van der Waals surface area contributed by atoms with Crippen LogP contribution < -0.4 is 15.4 Å². The first-order chi connectivity index (χ1) is 27.8. The molecule has 0 bridgehead atoms. The molecule has 0 aliphatic carbocycles. The lowest BCUT2D eigenvalue weighted by atomic mass is 9.93. The number of methoxy groups -OCH3 is 1. The SMILES string of the molecule is COC(=O)NCC(=O)N1CC(C)CC1c1ncc(-c2ccc(-c3cc(Cl)c(NC(=O)N4CCC(N5CCN(C(=O)C(C)(C)C)CC5C)CC4)cc3OC(F)(F)F)cc2)[nH]1. The molecule has 3 aliphatic heterocycles. The lowest BCUT2D eigenvalue weighted by Gasteiger charge is -2.47. The van der Waals surface area contributed by atoms with Crippen molar-refractivity contribution in [3.63, 3.8) is 0 Å². The van der Waals surface area contributed by atoms with Gasteiger partial charge in [-0.3, -0.25) is 14.5 Å². The molecule has 3 N–H and O–H groups in total. The molecule has 14 nitrogen and oxygen atoms in total. The molecule has 3 saturated heterocycles. The first-order valence-corrected chi connectivity index (χ1v) is 20.2. The predicted octanol–water partition coefficient (Wildman–Crippen LogP) is 7.14. The second-order valence-electron chi connectivity index (χ2n) is 16.6. The van der Waals surface area contributed by atoms with Crippen LogP contribution in [0, 0.1) is 11.3 Å². The second kappa shape index (κ2) is 17.7. The predicted molar refractivity (Wildman–Crippen MR) is 216 cm³/mol. The third-order valence-electron chi connectivity index (χ3n) is 11.2. The number of imidazole rings is 1. The molecule has 2 aromatic carbocycles. The van der Waals surface area contributed by atoms with Crippen molar-refractivity contribution >= 4 is 41.2 Å². The molecule has 5 amide bonds. The number of rotatable bonds is 8. The van der Waals surface area contributed by atoms with Gasteiger partial charge in [-0.15, -0.1) is 13.2 Å². The Balaban J connectivity index is 1.11. The summed E-state index contributed by atoms with van der Waals surface area (Å²) in [6.07, 6.45) is -2.02. The van der Waals surface area contributed by atoms with Crippen LogP contribution in [0.2, 0.25) is 5.02 Å². The van der Waals surface area contributed by atoms with Crippen LogP contribution in [0.5, 0.6) is 5.75 Å². The molecule has 59 heavy (non-hydrogen) atoms. The topological polar surface area (TPSA) is 152 Å². The number of nitrogens with one attached hydrogen (secondary N) is 3. The van der Waals surface area contributed by atoms with Crippen LogP contribution in [0.25, 0.3) is 22.4 Å². The number of aromatic nitrogens is 2. The van der Waals surface area contributed by atoms with E-state index < -0.39 is 29.7 Å². The molecule has 0 radical (unpaired) electrons. The smallest absolute Gasteiger partial charge is 0.453 e. The number of halogens is 4. The number of hydrogen-bond acceptors (Lipinski definition) is 8. The number of amides is 5. The van der Waals surface area contributed by atoms with E-state index in [4.69, 9.17) is 11.6 Å². The number of H-pyrrole nitrogens is 1. The minimum absolute atomic E-state index is 0.0218. The van der Waals surface area contributed by atoms with Gasteiger partial charge in [0.05, 0.1) is 35.8 Å². The highest BCUT2D eigenvalue weighted by atomic mass is 35.5. The van der Waals surface area contributed by atoms with Gasteiger partial charge < -0.3 is 39.8 Å². The molecule has 1 aromatic heterocycles. The van der Waals surface area contributed by atoms with Crippen LogP contribution in [0.4, 0.5) is 28.4 Å². The molecule has 3 fully saturated rings. The summed E-state index contributed by atoms with van der Waals surface area (Å²) in [4.78, 5) is 66.1. The van der Waals surface area contributed by atoms with Gasteiger partial charge in [-0.1, -0.05) is 63.6 Å². The van der Waals surface area contributed by atoms with E-state index in [0.717, 1.165) is 12.6 Å². The number of likely N-dealkylation sites (tertiary alicyclic amines) is 2. The van der Waals surface area contributed by atoms with E-state index in [9.17, 15) is 32.3 Å². The number of alkyl halides is 3. The van der Waals surface area contributed by atoms with Crippen molar-refractivity contribution in [1.29, 1.82) is 0 Å². The van der Waals surface area contributed by atoms with Gasteiger partial charge in [0.1, 0.15) is 18.1 Å². The summed E-state index contributed by atoms with van der Waals surface area (Å²) < 4.78 is 50.2. The molecule has 18 heteroatoms. The van der Waals surface area contributed by atoms with Crippen LogP contribution in [-0.4, -0.2) is 125 Å². The zero-order valence-electron chi connectivity index (χ0n) is 34.1. The van der Waals surface area contributed by atoms with Crippen molar-refractivity contribution in [2.45, 2.75) is 78.4 Å². The number of hydrogen-bond donors (Lipinski definition) is 3. The molecule has 0 spiro atoms. The number of ether oxygens (including phenoxy) is 2. The van der Waals surface area contributed by atoms with Crippen LogP contribution in [0.3, 0.4) is 0 Å². The number of carbonyl (C=O) groups excluding carboxylic acids is 4. The van der Waals surface area contributed by atoms with Gasteiger partial charge >= 0.3 is 18.5 Å². The largest absolute Gasteiger partial charge is 0.573 e. The van der Waals surface area contributed by atoms with Crippen LogP contribution in [-0.2, 0) is 14.3 Å². The molecular weight excluding hydrogens is 793 g/mol. The Morgan fingerprint density at radius 3 is 2.25 bits per heavy atom. The quantitative estimate of drug-likeness (QED) is 0.217. The van der Waals surface area contributed by atoms with E-state index in [1.165, 1.54) is 13.2 Å². The van der Waals surface area contributed by atoms with Crippen molar-refractivity contribution < 1.29 is 41.8 Å². The maximum absolute atomic E-state index is 13.7. The van der Waals surface area contributed by atoms with Crippen molar-refractivity contribution in [1.82, 2.24) is 34.9 Å². The molecule has 4 heterocycles. The molecule has 3 aromatic rings. The van der Waals surface area contributed by atoms with Crippen molar-refractivity contribution in [2.75, 3.05) is 58.2 Å². The van der Waals surface area contributed by atoms with Gasteiger partial charge in [0.2, 0.25) is 11.8 Å². The summed E-state index contributed by atoms with van der Waals surface area (Å²) in [6.45, 7) is 13.1. The molecule has 3 unspecified atom stereocenters. The third kappa shape index (κ3) is 10.4. The lowest BCUT2D eigenvalue weighted by molar-refractivity contribution is -0.274. The summed E-state index contributed by atoms with van der Waals surface area (Å²) >= 11 is 6.61. The van der Waals surface area contributed by atoms with E-state index in [0.29, 0.717) is 74.6 Å². The number of alkyl carbamates (subject to hydrolysis) is 1. The van der Waals surface area contributed by atoms with Gasteiger partial charge in [-0.2, -0.15) is 0 Å². The number of piperidine rings is 1. The Labute approximate surface area is 346 Å². The van der Waals surface area contributed by atoms with Gasteiger partial charge in [0.15, 0.2) is 0 Å². The second-order valence-corrected chi connectivity index (χ2v) is 17.0. The number of piperazine rings is 1. The van der Waals surface area contributed by atoms with E-state index in [1.54, 1.807) is 40.3 Å². The summed E-state index contributed by atoms with van der Waals surface area (Å²) in [5.41, 5.74) is 1.30. The number of anilines is 1. The monoisotopic (exact) mass is 844 g/mol. The number of nitrogens with zero attached hydrogens (tertiary/aromatic N) is 5. The fraction of sp³-hybridized carbons (Fsp3) is 0.537. The summed E-state index contributed by atoms with van der Waals surface area (Å²) in [6, 6.07) is 8.67. The zero-order chi connectivity index (χ0) is 42.8. The first kappa shape index (κ1) is 43.5. The van der Waals surface area contributed by atoms with E-state index in [-0.39, 0.29) is 58.7 Å². The Bertz CT molecular complexity index is 2010. The van der Waals surface area contributed by atoms with Gasteiger partial charge in [0.25, 0.3) is 0 Å². The van der Waals surface area contributed by atoms with E-state index in [2.05, 4.69) is 41.9 Å². The fourth-order valence-corrected chi connectivity index (χ4v) is 8.45. The highest BCUT2D eigenvalue weighted by Crippen LogP contribution is 2.41. The summed E-state index contributed by atoms with van der Waals surface area (Å²) in [5, 5.41) is 5.14. The first-order valence-electron chi connectivity index (χ1n) is 19.8. The molecular formula is C41H52ClF3N8O6. The highest BCUT2D eigenvalue weighted by molar-refractivity contribution is 6.34. The number of benzene rings is 2. The Morgan fingerprint density at radius 2 is 1.63 bits per heavy atom. The van der Waals surface area contributed by atoms with Crippen LogP contribution in [0.15, 0.2) is 42.6 Å². The number of aromatic amines is 1. The minimum Gasteiger partial charge on any atom is -0.453 e. The lowest BCUT2D eigenvalue weighted by Crippen LogP contribution is -2.60. The average molecular weight is 845 g/mol. The van der Waals surface area contributed by atoms with Gasteiger partial charge in [0, 0.05) is 68.4 Å². The fourth-order valence-electron chi connectivity index (χ4n) is 8.24. The van der Waals surface area contributed by atoms with Gasteiger partial charge in [-0.25, -0.2) is 14.6 Å². The maximum atomic E-state index is 13.7. The molecule has 320 valence electrons. The molecule has 6 rings (SSSR count). The zero-order valence-corrected chi connectivity index (χ0v) is 34.9. The Hall–Kier alpha value is -5.03. The summed E-state index contributed by atoms with van der Waals surface area (Å²) in [7, 11) is 1.22. The van der Waals surface area contributed by atoms with Gasteiger partial charge in [-0.05, 0) is 49.3 Å². The summed E-state index contributed by atoms with van der Waals surface area (Å²) in [5.74, 6) is 0.0827. The Kier molecular flexibility index (Phi) is 13.0. The standard InChI is InChI=1S/C41H52ClF3N8O6/c1-24-17-33(53(22-24)35(54)21-47-39(57)58-6)36-46-20-32(48-36)27-9-7-26(8-10-27)29-18-30(42)31(19-34(29)59-41(43,44)45)49-38(56)50-13-11-28(12-14-50)52-16-15-51(23-25(52)2)37(55)40(3,4)5/h7-10,18-20,24-25,28,33H,11-17,21-23H2,1-6H3,(H,46,48)(H,47,57)(H,49,56). The minimum atomic E-state index is -5.02. The molecule has 3 aliphatic rings. The number of carbonyl (C=O) groups is 4. The highest BCUT2D eigenvalue weighted by Gasteiger charge is 2.38. The average Bonchev–Trinajstić information content (AvgIpc) is 3.84. The van der Waals surface area contributed by atoms with Crippen molar-refractivity contribution in [2.24, 2.45) is 11.3 Å². The maximum Gasteiger partial charge on any atom is 0.573 e. The van der Waals surface area contributed by atoms with Crippen molar-refractivity contribution in [3.8, 4) is 28.1 Å². The normalized spacial score (nSPS) is 20.7. The molecule has 3 atom stereocenters. The van der Waals surface area contributed by atoms with E-state index >= 15 is 0 Å². The molecule has 0 saturated carbocycles.